The van der Waals surface area contributed by atoms with Gasteiger partial charge in [0.2, 0.25) is 5.95 Å². The van der Waals surface area contributed by atoms with Gasteiger partial charge in [-0.3, -0.25) is 9.36 Å². The molecule has 3 aromatic heterocycles. The molecule has 6 nitrogen and oxygen atoms in total. The van der Waals surface area contributed by atoms with Crippen molar-refractivity contribution in [2.24, 2.45) is 7.05 Å². The zero-order valence-electron chi connectivity index (χ0n) is 15.3. The van der Waals surface area contributed by atoms with Crippen molar-refractivity contribution in [3.05, 3.63) is 58.5 Å². The lowest BCUT2D eigenvalue weighted by molar-refractivity contribution is -0.141. The van der Waals surface area contributed by atoms with Gasteiger partial charge < -0.3 is 9.47 Å². The third-order valence-electron chi connectivity index (χ3n) is 4.52. The molecule has 0 aliphatic rings. The minimum Gasteiger partial charge on any atom is -0.348 e. The molecule has 0 fully saturated rings. The molecule has 0 atom stereocenters. The third kappa shape index (κ3) is 2.62. The molecule has 0 spiro atoms. The van der Waals surface area contributed by atoms with Crippen LogP contribution in [0.2, 0.25) is 0 Å². The van der Waals surface area contributed by atoms with E-state index in [9.17, 15) is 18.0 Å². The number of imidazole rings is 1. The van der Waals surface area contributed by atoms with E-state index in [1.165, 1.54) is 10.6 Å². The highest BCUT2D eigenvalue weighted by Crippen LogP contribution is 2.32. The Morgan fingerprint density at radius 2 is 1.68 bits per heavy atom. The molecule has 0 aliphatic heterocycles. The maximum atomic E-state index is 13.3. The second kappa shape index (κ2) is 6.08. The number of nitrogens with zero attached hydrogens (tertiary/aromatic N) is 5. The zero-order valence-corrected chi connectivity index (χ0v) is 15.3. The van der Waals surface area contributed by atoms with Gasteiger partial charge in [0, 0.05) is 26.5 Å². The summed E-state index contributed by atoms with van der Waals surface area (Å²) < 4.78 is 42.7. The molecule has 144 valence electrons. The average molecular weight is 387 g/mol. The number of aryl methyl sites for hydroxylation is 1. The number of benzene rings is 1. The van der Waals surface area contributed by atoms with Crippen LogP contribution in [-0.4, -0.2) is 33.2 Å². The Labute approximate surface area is 157 Å². The van der Waals surface area contributed by atoms with Crippen LogP contribution in [0.25, 0.3) is 27.8 Å². The summed E-state index contributed by atoms with van der Waals surface area (Å²) >= 11 is 0. The van der Waals surface area contributed by atoms with Gasteiger partial charge in [-0.1, -0.05) is 18.2 Å². The standard InChI is InChI=1S/C19H16F3N5O/c1-25(2)18-24-14-15(26(18)3)12-9-10-13(19(20,21)22)23-16(12)27(17(14)28)11-7-5-4-6-8-11/h4-10H,1-3H3. The minimum atomic E-state index is -4.62. The monoisotopic (exact) mass is 387 g/mol. The number of fused-ring (bicyclic) bond motifs is 3. The molecule has 28 heavy (non-hydrogen) atoms. The molecule has 1 aromatic carbocycles. The summed E-state index contributed by atoms with van der Waals surface area (Å²) in [5.74, 6) is 0.513. The first-order valence-corrected chi connectivity index (χ1v) is 8.42. The van der Waals surface area contributed by atoms with Crippen molar-refractivity contribution < 1.29 is 13.2 Å². The maximum absolute atomic E-state index is 13.3. The van der Waals surface area contributed by atoms with Crippen LogP contribution >= 0.6 is 0 Å². The molecule has 9 heteroatoms. The normalized spacial score (nSPS) is 12.1. The van der Waals surface area contributed by atoms with E-state index in [1.54, 1.807) is 60.9 Å². The summed E-state index contributed by atoms with van der Waals surface area (Å²) in [6.45, 7) is 0. The molecular formula is C19H16F3N5O. The molecule has 0 aliphatic carbocycles. The number of hydrogen-bond acceptors (Lipinski definition) is 4. The Hall–Kier alpha value is -3.36. The van der Waals surface area contributed by atoms with Crippen LogP contribution in [0.4, 0.5) is 19.1 Å². The van der Waals surface area contributed by atoms with E-state index in [2.05, 4.69) is 9.97 Å². The van der Waals surface area contributed by atoms with E-state index < -0.39 is 17.4 Å². The summed E-state index contributed by atoms with van der Waals surface area (Å²) in [5.41, 5.74) is -0.612. The molecular weight excluding hydrogens is 371 g/mol. The first-order valence-electron chi connectivity index (χ1n) is 8.42. The van der Waals surface area contributed by atoms with Crippen LogP contribution in [0.3, 0.4) is 0 Å². The SMILES string of the molecule is CN(C)c1nc2c(=O)n(-c3ccccc3)c3nc(C(F)(F)F)ccc3c2n1C. The van der Waals surface area contributed by atoms with Crippen LogP contribution in [0.5, 0.6) is 0 Å². The molecule has 4 aromatic rings. The fraction of sp³-hybridized carbons (Fsp3) is 0.211. The number of alkyl halides is 3. The minimum absolute atomic E-state index is 0.0631. The van der Waals surface area contributed by atoms with Crippen LogP contribution < -0.4 is 10.5 Å². The van der Waals surface area contributed by atoms with E-state index in [-0.39, 0.29) is 11.2 Å². The second-order valence-electron chi connectivity index (χ2n) is 6.60. The number of pyridine rings is 2. The molecule has 0 unspecified atom stereocenters. The van der Waals surface area contributed by atoms with Crippen molar-refractivity contribution in [2.75, 3.05) is 19.0 Å². The van der Waals surface area contributed by atoms with E-state index in [0.717, 1.165) is 6.07 Å². The smallest absolute Gasteiger partial charge is 0.348 e. The number of hydrogen-bond donors (Lipinski definition) is 0. The van der Waals surface area contributed by atoms with Crippen LogP contribution in [-0.2, 0) is 13.2 Å². The molecule has 0 amide bonds. The van der Waals surface area contributed by atoms with Crippen molar-refractivity contribution in [2.45, 2.75) is 6.18 Å². The Morgan fingerprint density at radius 1 is 1.00 bits per heavy atom. The van der Waals surface area contributed by atoms with Crippen molar-refractivity contribution in [3.63, 3.8) is 0 Å². The number of halogens is 3. The number of para-hydroxylation sites is 1. The van der Waals surface area contributed by atoms with Crippen molar-refractivity contribution in [1.82, 2.24) is 19.1 Å². The first kappa shape index (κ1) is 18.0. The molecule has 0 saturated heterocycles. The summed E-state index contributed by atoms with van der Waals surface area (Å²) in [5, 5.41) is 0.412. The second-order valence-corrected chi connectivity index (χ2v) is 6.60. The molecule has 0 bridgehead atoms. The fourth-order valence-corrected chi connectivity index (χ4v) is 3.32. The Kier molecular flexibility index (Phi) is 3.91. The lowest BCUT2D eigenvalue weighted by atomic mass is 10.2. The Balaban J connectivity index is 2.24. The van der Waals surface area contributed by atoms with Crippen molar-refractivity contribution in [1.29, 1.82) is 0 Å². The quantitative estimate of drug-likeness (QED) is 0.529. The highest BCUT2D eigenvalue weighted by Gasteiger charge is 2.33. The number of rotatable bonds is 2. The third-order valence-corrected chi connectivity index (χ3v) is 4.52. The van der Waals surface area contributed by atoms with E-state index >= 15 is 0 Å². The van der Waals surface area contributed by atoms with Gasteiger partial charge >= 0.3 is 6.18 Å². The summed E-state index contributed by atoms with van der Waals surface area (Å²) in [6, 6.07) is 10.7. The lowest BCUT2D eigenvalue weighted by Gasteiger charge is -2.14. The number of anilines is 1. The van der Waals surface area contributed by atoms with E-state index in [1.807, 2.05) is 0 Å². The van der Waals surface area contributed by atoms with Crippen molar-refractivity contribution >= 4 is 28.0 Å². The van der Waals surface area contributed by atoms with Crippen LogP contribution in [0, 0.1) is 0 Å². The van der Waals surface area contributed by atoms with Gasteiger partial charge in [0.25, 0.3) is 5.56 Å². The van der Waals surface area contributed by atoms with E-state index in [0.29, 0.717) is 22.5 Å². The fourth-order valence-electron chi connectivity index (χ4n) is 3.32. The maximum Gasteiger partial charge on any atom is 0.433 e. The molecule has 0 saturated carbocycles. The Morgan fingerprint density at radius 3 is 2.29 bits per heavy atom. The summed E-state index contributed by atoms with van der Waals surface area (Å²) in [6.07, 6.45) is -4.62. The van der Waals surface area contributed by atoms with Crippen LogP contribution in [0.15, 0.2) is 47.3 Å². The highest BCUT2D eigenvalue weighted by atomic mass is 19.4. The Bertz CT molecular complexity index is 1260. The van der Waals surface area contributed by atoms with Gasteiger partial charge in [-0.15, -0.1) is 0 Å². The largest absolute Gasteiger partial charge is 0.433 e. The predicted octanol–water partition coefficient (Wildman–Crippen LogP) is 3.36. The van der Waals surface area contributed by atoms with Gasteiger partial charge in [-0.25, -0.2) is 9.97 Å². The number of aromatic nitrogens is 4. The summed E-state index contributed by atoms with van der Waals surface area (Å²) in [4.78, 5) is 23.2. The molecule has 4 rings (SSSR count). The molecule has 0 radical (unpaired) electrons. The van der Waals surface area contributed by atoms with E-state index in [4.69, 9.17) is 0 Å². The van der Waals surface area contributed by atoms with Gasteiger partial charge in [0.15, 0.2) is 5.52 Å². The summed E-state index contributed by atoms with van der Waals surface area (Å²) in [7, 11) is 5.27. The molecule has 0 N–H and O–H groups in total. The predicted molar refractivity (Wildman–Crippen MR) is 101 cm³/mol. The first-order chi connectivity index (χ1) is 13.2. The van der Waals surface area contributed by atoms with Gasteiger partial charge in [0.05, 0.1) is 11.2 Å². The van der Waals surface area contributed by atoms with Crippen molar-refractivity contribution in [3.8, 4) is 5.69 Å². The van der Waals surface area contributed by atoms with Gasteiger partial charge in [0.1, 0.15) is 11.3 Å². The highest BCUT2D eigenvalue weighted by molar-refractivity contribution is 6.02. The topological polar surface area (TPSA) is 56.0 Å². The van der Waals surface area contributed by atoms with Gasteiger partial charge in [-0.2, -0.15) is 13.2 Å². The van der Waals surface area contributed by atoms with Crippen LogP contribution in [0.1, 0.15) is 5.69 Å². The molecule has 3 heterocycles. The average Bonchev–Trinajstić information content (AvgIpc) is 3.00. The zero-order chi connectivity index (χ0) is 20.2. The van der Waals surface area contributed by atoms with Gasteiger partial charge in [-0.05, 0) is 24.3 Å². The lowest BCUT2D eigenvalue weighted by Crippen LogP contribution is -2.21.